The van der Waals surface area contributed by atoms with Gasteiger partial charge in [-0.2, -0.15) is 5.10 Å². The molecule has 0 amide bonds. The Bertz CT molecular complexity index is 1080. The van der Waals surface area contributed by atoms with Crippen LogP contribution in [0.5, 0.6) is 5.88 Å². The van der Waals surface area contributed by atoms with Crippen molar-refractivity contribution < 1.29 is 23.1 Å². The van der Waals surface area contributed by atoms with Gasteiger partial charge in [-0.25, -0.2) is 17.9 Å². The maximum atomic E-state index is 12.7. The van der Waals surface area contributed by atoms with Crippen LogP contribution >= 0.6 is 23.2 Å². The van der Waals surface area contributed by atoms with E-state index in [1.807, 2.05) is 0 Å². The normalized spacial score (nSPS) is 18.5. The van der Waals surface area contributed by atoms with Crippen molar-refractivity contribution in [3.8, 4) is 17.0 Å². The quantitative estimate of drug-likeness (QED) is 0.755. The molecule has 0 spiro atoms. The fraction of sp³-hybridized carbons (Fsp3) is 0.312. The number of nitrogens with zero attached hydrogens (tertiary/aromatic N) is 2. The van der Waals surface area contributed by atoms with Gasteiger partial charge < -0.3 is 9.84 Å². The Morgan fingerprint density at radius 2 is 2.08 bits per heavy atom. The first-order valence-electron chi connectivity index (χ1n) is 7.41. The van der Waals surface area contributed by atoms with E-state index in [0.717, 1.165) is 0 Å². The lowest BCUT2D eigenvalue weighted by atomic mass is 9.98. The Morgan fingerprint density at radius 1 is 1.42 bits per heavy atom. The number of halogens is 2. The van der Waals surface area contributed by atoms with Gasteiger partial charge in [0, 0.05) is 31.7 Å². The number of aromatic nitrogens is 2. The van der Waals surface area contributed by atoms with Crippen molar-refractivity contribution in [2.75, 3.05) is 7.11 Å². The van der Waals surface area contributed by atoms with Gasteiger partial charge >= 0.3 is 0 Å². The second-order valence-corrected chi connectivity index (χ2v) is 8.52. The van der Waals surface area contributed by atoms with Crippen molar-refractivity contribution in [3.63, 3.8) is 0 Å². The van der Waals surface area contributed by atoms with Gasteiger partial charge in [0.1, 0.15) is 10.8 Å². The highest BCUT2D eigenvalue weighted by Crippen LogP contribution is 2.50. The molecule has 7 nitrogen and oxygen atoms in total. The van der Waals surface area contributed by atoms with Gasteiger partial charge in [-0.15, -0.1) is 0 Å². The summed E-state index contributed by atoms with van der Waals surface area (Å²) in [7, 11) is -1.20. The molecule has 138 valence electrons. The molecule has 3 rings (SSSR count). The number of hydrogen-bond donors (Lipinski definition) is 1. The fourth-order valence-electron chi connectivity index (χ4n) is 3.13. The van der Waals surface area contributed by atoms with Crippen LogP contribution in [0.4, 0.5) is 0 Å². The third kappa shape index (κ3) is 2.57. The van der Waals surface area contributed by atoms with E-state index in [2.05, 4.69) is 5.10 Å². The number of carbonyl (C=O) groups excluding carboxylic acids is 1. The molecule has 2 heterocycles. The molecule has 0 radical (unpaired) electrons. The summed E-state index contributed by atoms with van der Waals surface area (Å²) in [6.45, 7) is 1.68. The van der Waals surface area contributed by atoms with Gasteiger partial charge in [-0.1, -0.05) is 23.2 Å². The monoisotopic (exact) mass is 416 g/mol. The zero-order chi connectivity index (χ0) is 19.4. The average molecular weight is 417 g/mol. The summed E-state index contributed by atoms with van der Waals surface area (Å²) in [5, 5.41) is 14.4. The number of rotatable bonds is 2. The third-order valence-electron chi connectivity index (χ3n) is 4.35. The van der Waals surface area contributed by atoms with E-state index in [1.54, 1.807) is 14.0 Å². The summed E-state index contributed by atoms with van der Waals surface area (Å²) in [4.78, 5) is 10.4. The van der Waals surface area contributed by atoms with Gasteiger partial charge in [-0.05, 0) is 13.0 Å². The Hall–Kier alpha value is -1.83. The van der Waals surface area contributed by atoms with Crippen LogP contribution in [0.3, 0.4) is 0 Å². The molecule has 10 heteroatoms. The van der Waals surface area contributed by atoms with E-state index >= 15 is 0 Å². The predicted octanol–water partition coefficient (Wildman–Crippen LogP) is 2.99. The molecule has 1 aliphatic rings. The summed E-state index contributed by atoms with van der Waals surface area (Å²) in [6, 6.07) is 1.34. The van der Waals surface area contributed by atoms with Crippen LogP contribution in [0, 0.1) is 6.92 Å². The minimum Gasteiger partial charge on any atom is -0.493 e. The largest absolute Gasteiger partial charge is 0.493 e. The average Bonchev–Trinajstić information content (AvgIpc) is 2.82. The second kappa shape index (κ2) is 6.40. The summed E-state index contributed by atoms with van der Waals surface area (Å²) < 4.78 is 32.0. The predicted molar refractivity (Wildman–Crippen MR) is 95.8 cm³/mol. The summed E-state index contributed by atoms with van der Waals surface area (Å²) in [5.41, 5.74) is 1.31. The van der Waals surface area contributed by atoms with Gasteiger partial charge in [0.25, 0.3) is 0 Å². The molecular formula is C16H14Cl2N2O5S. The minimum absolute atomic E-state index is 0.0659. The van der Waals surface area contributed by atoms with E-state index in [1.165, 1.54) is 23.8 Å². The summed E-state index contributed by atoms with van der Waals surface area (Å²) in [6.07, 6.45) is -0.999. The standard InChI is InChI=1S/C16H14Cl2N2O5S/c1-7-12(16(22)20(2)19-7)9-5-10(17)15-13(14(9)18)11(25-3)4-8(6-21)26(15,23)24/h5,11,22H,4H2,1-3H3. The van der Waals surface area contributed by atoms with Crippen LogP contribution in [0.2, 0.25) is 10.0 Å². The van der Waals surface area contributed by atoms with Crippen molar-refractivity contribution in [2.24, 2.45) is 7.05 Å². The molecule has 1 aliphatic heterocycles. The smallest absolute Gasteiger partial charge is 0.217 e. The highest BCUT2D eigenvalue weighted by atomic mass is 35.5. The fourth-order valence-corrected chi connectivity index (χ4v) is 5.64. The molecule has 0 saturated heterocycles. The first-order chi connectivity index (χ1) is 12.1. The van der Waals surface area contributed by atoms with E-state index in [4.69, 9.17) is 27.9 Å². The molecule has 0 saturated carbocycles. The second-order valence-electron chi connectivity index (χ2n) is 5.83. The van der Waals surface area contributed by atoms with E-state index in [9.17, 15) is 18.3 Å². The minimum atomic E-state index is -4.13. The molecule has 1 unspecified atom stereocenters. The van der Waals surface area contributed by atoms with Crippen LogP contribution in [0.15, 0.2) is 15.9 Å². The van der Waals surface area contributed by atoms with Crippen molar-refractivity contribution in [2.45, 2.75) is 24.3 Å². The highest BCUT2D eigenvalue weighted by molar-refractivity contribution is 7.95. The molecule has 0 fully saturated rings. The Morgan fingerprint density at radius 3 is 2.58 bits per heavy atom. The number of aromatic hydroxyl groups is 1. The zero-order valence-electron chi connectivity index (χ0n) is 14.0. The maximum Gasteiger partial charge on any atom is 0.217 e. The number of methoxy groups -OCH3 is 1. The van der Waals surface area contributed by atoms with Crippen LogP contribution in [-0.2, 0) is 26.4 Å². The number of ether oxygens (including phenoxy) is 1. The SMILES string of the molecule is COC1CC(=C=O)S(=O)(=O)c2c(Cl)cc(-c3c(C)nn(C)c3O)c(Cl)c21. The molecule has 0 bridgehead atoms. The maximum absolute atomic E-state index is 12.7. The number of aryl methyl sites for hydroxylation is 2. The van der Waals surface area contributed by atoms with Crippen molar-refractivity contribution >= 4 is 39.0 Å². The first kappa shape index (κ1) is 18.9. The van der Waals surface area contributed by atoms with Crippen molar-refractivity contribution in [1.29, 1.82) is 0 Å². The number of hydrogen-bond acceptors (Lipinski definition) is 6. The lowest BCUT2D eigenvalue weighted by molar-refractivity contribution is 0.101. The Kier molecular flexibility index (Phi) is 4.67. The van der Waals surface area contributed by atoms with Gasteiger partial charge in [0.2, 0.25) is 15.7 Å². The van der Waals surface area contributed by atoms with E-state index in [-0.39, 0.29) is 32.8 Å². The van der Waals surface area contributed by atoms with Crippen molar-refractivity contribution in [3.05, 3.63) is 32.3 Å². The van der Waals surface area contributed by atoms with Gasteiger partial charge in [-0.3, -0.25) is 0 Å². The number of sulfone groups is 1. The van der Waals surface area contributed by atoms with Crippen LogP contribution < -0.4 is 0 Å². The van der Waals surface area contributed by atoms with Crippen LogP contribution in [0.25, 0.3) is 11.1 Å². The molecule has 1 aromatic heterocycles. The lowest BCUT2D eigenvalue weighted by Crippen LogP contribution is -2.21. The Balaban J connectivity index is 2.44. The van der Waals surface area contributed by atoms with Crippen LogP contribution in [0.1, 0.15) is 23.8 Å². The van der Waals surface area contributed by atoms with Gasteiger partial charge in [0.15, 0.2) is 0 Å². The van der Waals surface area contributed by atoms with Crippen molar-refractivity contribution in [1.82, 2.24) is 9.78 Å². The molecule has 0 aliphatic carbocycles. The summed E-state index contributed by atoms with van der Waals surface area (Å²) >= 11 is 12.8. The Labute approximate surface area is 159 Å². The molecule has 26 heavy (non-hydrogen) atoms. The zero-order valence-corrected chi connectivity index (χ0v) is 16.3. The first-order valence-corrected chi connectivity index (χ1v) is 9.65. The van der Waals surface area contributed by atoms with Gasteiger partial charge in [0.05, 0.1) is 32.3 Å². The number of benzene rings is 1. The molecule has 1 aromatic carbocycles. The summed E-state index contributed by atoms with van der Waals surface area (Å²) in [5.74, 6) is 1.32. The third-order valence-corrected chi connectivity index (χ3v) is 7.04. The molecule has 2 aromatic rings. The van der Waals surface area contributed by atoms with E-state index < -0.39 is 20.8 Å². The highest BCUT2D eigenvalue weighted by Gasteiger charge is 2.40. The topological polar surface area (TPSA) is 98.5 Å². The van der Waals surface area contributed by atoms with Crippen LogP contribution in [-0.4, -0.2) is 36.4 Å². The lowest BCUT2D eigenvalue weighted by Gasteiger charge is -2.27. The van der Waals surface area contributed by atoms with E-state index in [0.29, 0.717) is 16.8 Å². The molecular weight excluding hydrogens is 403 g/mol. The number of fused-ring (bicyclic) bond motifs is 1. The molecule has 1 N–H and O–H groups in total. The molecule has 1 atom stereocenters.